The van der Waals surface area contributed by atoms with Crippen LogP contribution in [0.4, 0.5) is 18.9 Å². The van der Waals surface area contributed by atoms with E-state index in [1.807, 2.05) is 0 Å². The van der Waals surface area contributed by atoms with Crippen molar-refractivity contribution in [2.45, 2.75) is 6.18 Å². The Kier molecular flexibility index (Phi) is 5.38. The maximum absolute atomic E-state index is 12.0. The number of carbonyl (C=O) groups excluding carboxylic acids is 3. The molecule has 0 fully saturated rings. The molecule has 130 valence electrons. The summed E-state index contributed by atoms with van der Waals surface area (Å²) in [4.78, 5) is 34.2. The molecule has 2 aromatic rings. The zero-order chi connectivity index (χ0) is 18.4. The van der Waals surface area contributed by atoms with Crippen molar-refractivity contribution in [3.63, 3.8) is 0 Å². The number of amides is 3. The van der Waals surface area contributed by atoms with E-state index in [0.717, 1.165) is 0 Å². The third-order valence-corrected chi connectivity index (χ3v) is 2.99. The molecule has 0 radical (unpaired) electrons. The van der Waals surface area contributed by atoms with Crippen molar-refractivity contribution >= 4 is 23.4 Å². The first-order valence-corrected chi connectivity index (χ1v) is 6.91. The van der Waals surface area contributed by atoms with Gasteiger partial charge in [-0.25, -0.2) is 0 Å². The second-order valence-electron chi connectivity index (χ2n) is 4.80. The molecule has 0 spiro atoms. The summed E-state index contributed by atoms with van der Waals surface area (Å²) in [5, 5.41) is 2.61. The molecule has 0 unspecified atom stereocenters. The zero-order valence-corrected chi connectivity index (χ0v) is 12.6. The fourth-order valence-corrected chi connectivity index (χ4v) is 1.75. The van der Waals surface area contributed by atoms with E-state index in [-0.39, 0.29) is 11.5 Å². The molecule has 0 aliphatic rings. The number of rotatable bonds is 3. The van der Waals surface area contributed by atoms with Gasteiger partial charge in [-0.05, 0) is 36.4 Å². The number of hydrogen-bond donors (Lipinski definition) is 3. The van der Waals surface area contributed by atoms with Crippen molar-refractivity contribution in [3.8, 4) is 0 Å². The van der Waals surface area contributed by atoms with Crippen LogP contribution in [0.3, 0.4) is 0 Å². The molecular weight excluding hydrogens is 339 g/mol. The summed E-state index contributed by atoms with van der Waals surface area (Å²) in [5.74, 6) is -3.57. The van der Waals surface area contributed by atoms with E-state index in [9.17, 15) is 27.6 Å². The van der Waals surface area contributed by atoms with Gasteiger partial charge < -0.3 is 5.32 Å². The number of carbonyl (C=O) groups is 3. The number of benzene rings is 2. The highest BCUT2D eigenvalue weighted by Gasteiger charge is 2.38. The summed E-state index contributed by atoms with van der Waals surface area (Å²) in [6.45, 7) is 0. The third kappa shape index (κ3) is 5.06. The predicted molar refractivity (Wildman–Crippen MR) is 82.5 cm³/mol. The minimum absolute atomic E-state index is 0.000171. The van der Waals surface area contributed by atoms with Crippen molar-refractivity contribution < 1.29 is 27.6 Å². The number of hydrogen-bond acceptors (Lipinski definition) is 3. The average Bonchev–Trinajstić information content (AvgIpc) is 2.60. The third-order valence-electron chi connectivity index (χ3n) is 2.99. The zero-order valence-electron chi connectivity index (χ0n) is 12.6. The average molecular weight is 351 g/mol. The Labute approximate surface area is 140 Å². The molecule has 3 amide bonds. The summed E-state index contributed by atoms with van der Waals surface area (Å²) in [6.07, 6.45) is -5.10. The molecule has 9 heteroatoms. The molecule has 0 aliphatic carbocycles. The Morgan fingerprint density at radius 1 is 0.720 bits per heavy atom. The van der Waals surface area contributed by atoms with Gasteiger partial charge in [-0.1, -0.05) is 18.2 Å². The number of anilines is 1. The highest BCUT2D eigenvalue weighted by molar-refractivity contribution is 6.04. The van der Waals surface area contributed by atoms with E-state index < -0.39 is 18.0 Å². The Hall–Kier alpha value is -3.36. The van der Waals surface area contributed by atoms with Gasteiger partial charge in [0.05, 0.1) is 0 Å². The fraction of sp³-hybridized carbons (Fsp3) is 0.0625. The summed E-state index contributed by atoms with van der Waals surface area (Å²) in [5.41, 5.74) is 3.74. The van der Waals surface area contributed by atoms with Crippen LogP contribution >= 0.6 is 0 Å². The van der Waals surface area contributed by atoms with Crippen LogP contribution in [-0.2, 0) is 4.79 Å². The van der Waals surface area contributed by atoms with Gasteiger partial charge in [0.1, 0.15) is 0 Å². The molecule has 0 bridgehead atoms. The van der Waals surface area contributed by atoms with E-state index in [2.05, 4.69) is 5.32 Å². The lowest BCUT2D eigenvalue weighted by Crippen LogP contribution is -2.47. The number of nitrogens with one attached hydrogen (secondary N) is 3. The van der Waals surface area contributed by atoms with Crippen molar-refractivity contribution in [3.05, 3.63) is 65.7 Å². The lowest BCUT2D eigenvalue weighted by Gasteiger charge is -2.10. The second kappa shape index (κ2) is 7.47. The van der Waals surface area contributed by atoms with Crippen LogP contribution in [0.1, 0.15) is 20.7 Å². The Morgan fingerprint density at radius 3 is 1.84 bits per heavy atom. The first kappa shape index (κ1) is 18.0. The van der Waals surface area contributed by atoms with Gasteiger partial charge >= 0.3 is 12.1 Å². The molecule has 0 saturated carbocycles. The molecule has 3 N–H and O–H groups in total. The van der Waals surface area contributed by atoms with Gasteiger partial charge in [-0.15, -0.1) is 0 Å². The number of hydrazine groups is 1. The largest absolute Gasteiger partial charge is 0.472 e. The van der Waals surface area contributed by atoms with Gasteiger partial charge in [-0.2, -0.15) is 13.2 Å². The van der Waals surface area contributed by atoms with E-state index >= 15 is 0 Å². The lowest BCUT2D eigenvalue weighted by molar-refractivity contribution is -0.174. The van der Waals surface area contributed by atoms with E-state index in [0.29, 0.717) is 11.3 Å². The van der Waals surface area contributed by atoms with Gasteiger partial charge in [0.25, 0.3) is 11.8 Å². The minimum atomic E-state index is -5.10. The van der Waals surface area contributed by atoms with E-state index in [4.69, 9.17) is 0 Å². The summed E-state index contributed by atoms with van der Waals surface area (Å²) in [7, 11) is 0. The van der Waals surface area contributed by atoms with Crippen LogP contribution in [0.25, 0.3) is 0 Å². The molecule has 0 aromatic heterocycles. The predicted octanol–water partition coefficient (Wildman–Crippen LogP) is 2.26. The normalized spacial score (nSPS) is 10.7. The Balaban J connectivity index is 1.94. The highest BCUT2D eigenvalue weighted by atomic mass is 19.4. The summed E-state index contributed by atoms with van der Waals surface area (Å²) >= 11 is 0. The molecule has 2 aromatic carbocycles. The minimum Gasteiger partial charge on any atom is -0.322 e. The second-order valence-corrected chi connectivity index (χ2v) is 4.80. The van der Waals surface area contributed by atoms with Crippen molar-refractivity contribution in [1.82, 2.24) is 10.9 Å². The molecule has 6 nitrogen and oxygen atoms in total. The van der Waals surface area contributed by atoms with Gasteiger partial charge in [0.2, 0.25) is 0 Å². The molecule has 0 heterocycles. The van der Waals surface area contributed by atoms with E-state index in [1.165, 1.54) is 29.7 Å². The van der Waals surface area contributed by atoms with E-state index in [1.54, 1.807) is 35.8 Å². The van der Waals surface area contributed by atoms with Crippen LogP contribution in [0.2, 0.25) is 0 Å². The van der Waals surface area contributed by atoms with Gasteiger partial charge in [-0.3, -0.25) is 25.2 Å². The molecular formula is C16H12F3N3O3. The lowest BCUT2D eigenvalue weighted by atomic mass is 10.1. The maximum Gasteiger partial charge on any atom is 0.472 e. The van der Waals surface area contributed by atoms with Crippen molar-refractivity contribution in [2.75, 3.05) is 5.32 Å². The first-order chi connectivity index (χ1) is 11.8. The van der Waals surface area contributed by atoms with Crippen LogP contribution in [-0.4, -0.2) is 23.9 Å². The van der Waals surface area contributed by atoms with Crippen LogP contribution in [0.5, 0.6) is 0 Å². The first-order valence-electron chi connectivity index (χ1n) is 6.91. The van der Waals surface area contributed by atoms with Crippen molar-refractivity contribution in [2.24, 2.45) is 0 Å². The number of alkyl halides is 3. The molecule has 2 rings (SSSR count). The molecule has 0 aliphatic heterocycles. The molecule has 0 saturated heterocycles. The van der Waals surface area contributed by atoms with Gasteiger partial charge in [0.15, 0.2) is 0 Å². The highest BCUT2D eigenvalue weighted by Crippen LogP contribution is 2.14. The van der Waals surface area contributed by atoms with Crippen molar-refractivity contribution in [1.29, 1.82) is 0 Å². The smallest absolute Gasteiger partial charge is 0.322 e. The maximum atomic E-state index is 12.0. The van der Waals surface area contributed by atoms with Crippen LogP contribution < -0.4 is 16.2 Å². The quantitative estimate of drug-likeness (QED) is 0.742. The standard InChI is InChI=1S/C16H12F3N3O3/c17-16(18,19)15(25)22-21-14(24)11-6-8-12(9-7-11)20-13(23)10-4-2-1-3-5-10/h1-9H,(H,20,23)(H,21,24)(H,22,25). The molecule has 0 atom stereocenters. The van der Waals surface area contributed by atoms with Crippen LogP contribution in [0, 0.1) is 0 Å². The Morgan fingerprint density at radius 2 is 1.28 bits per heavy atom. The summed E-state index contributed by atoms with van der Waals surface area (Å²) in [6, 6.07) is 13.8. The monoisotopic (exact) mass is 351 g/mol. The Bertz CT molecular complexity index is 775. The topological polar surface area (TPSA) is 87.3 Å². The molecule has 25 heavy (non-hydrogen) atoms. The summed E-state index contributed by atoms with van der Waals surface area (Å²) < 4.78 is 36.0. The SMILES string of the molecule is O=C(NNC(=O)C(F)(F)F)c1ccc(NC(=O)c2ccccc2)cc1. The number of halogens is 3. The van der Waals surface area contributed by atoms with Crippen LogP contribution in [0.15, 0.2) is 54.6 Å². The van der Waals surface area contributed by atoms with Gasteiger partial charge in [0, 0.05) is 16.8 Å². The fourth-order valence-electron chi connectivity index (χ4n) is 1.75.